The quantitative estimate of drug-likeness (QED) is 0.383. The van der Waals surface area contributed by atoms with E-state index in [0.717, 1.165) is 11.1 Å². The van der Waals surface area contributed by atoms with Gasteiger partial charge in [0.1, 0.15) is 24.9 Å². The zero-order chi connectivity index (χ0) is 26.4. The van der Waals surface area contributed by atoms with Gasteiger partial charge in [0.2, 0.25) is 3.79 Å². The van der Waals surface area contributed by atoms with E-state index in [1.807, 2.05) is 60.7 Å². The summed E-state index contributed by atoms with van der Waals surface area (Å²) in [7, 11) is 0. The van der Waals surface area contributed by atoms with Crippen molar-refractivity contribution in [3.8, 4) is 0 Å². The van der Waals surface area contributed by atoms with Crippen molar-refractivity contribution in [1.82, 2.24) is 5.32 Å². The monoisotopic (exact) mass is 573 g/mol. The third-order valence-electron chi connectivity index (χ3n) is 5.62. The molecule has 0 radical (unpaired) electrons. The van der Waals surface area contributed by atoms with Crippen molar-refractivity contribution in [2.45, 2.75) is 54.3 Å². The maximum absolute atomic E-state index is 12.6. The van der Waals surface area contributed by atoms with Crippen LogP contribution in [0.2, 0.25) is 0 Å². The van der Waals surface area contributed by atoms with Gasteiger partial charge in [-0.1, -0.05) is 95.5 Å². The van der Waals surface area contributed by atoms with Crippen LogP contribution >= 0.6 is 34.8 Å². The summed E-state index contributed by atoms with van der Waals surface area (Å²) in [6.45, 7) is 1.05. The third-order valence-corrected chi connectivity index (χ3v) is 5.95. The molecule has 2 fully saturated rings. The van der Waals surface area contributed by atoms with Crippen LogP contribution in [0.25, 0.3) is 0 Å². The van der Waals surface area contributed by atoms with Gasteiger partial charge < -0.3 is 33.7 Å². The van der Waals surface area contributed by atoms with Crippen LogP contribution in [0, 0.1) is 0 Å². The fourth-order valence-corrected chi connectivity index (χ4v) is 4.22. The first-order valence-corrected chi connectivity index (χ1v) is 12.6. The number of halogens is 3. The minimum absolute atomic E-state index is 0.137. The number of rotatable bonds is 7. The van der Waals surface area contributed by atoms with Crippen LogP contribution < -0.4 is 5.32 Å². The Labute approximate surface area is 229 Å². The number of amides is 1. The number of hydrogen-bond donors (Lipinski definition) is 1. The molecule has 0 aliphatic carbocycles. The van der Waals surface area contributed by atoms with Gasteiger partial charge in [-0.25, -0.2) is 4.79 Å². The number of alkyl halides is 3. The Morgan fingerprint density at radius 1 is 1.03 bits per heavy atom. The summed E-state index contributed by atoms with van der Waals surface area (Å²) in [5.41, 5.74) is 1.65. The zero-order valence-electron chi connectivity index (χ0n) is 19.8. The molecule has 2 aliphatic heterocycles. The van der Waals surface area contributed by atoms with Crippen molar-refractivity contribution in [2.75, 3.05) is 13.2 Å². The van der Waals surface area contributed by atoms with Crippen molar-refractivity contribution >= 4 is 46.9 Å². The van der Waals surface area contributed by atoms with E-state index in [1.54, 1.807) is 0 Å². The van der Waals surface area contributed by atoms with Gasteiger partial charge in [0.15, 0.2) is 18.7 Å². The smallest absolute Gasteiger partial charge is 0.407 e. The van der Waals surface area contributed by atoms with E-state index in [4.69, 9.17) is 63.2 Å². The van der Waals surface area contributed by atoms with Crippen LogP contribution in [-0.2, 0) is 39.8 Å². The lowest BCUT2D eigenvalue weighted by Crippen LogP contribution is -2.67. The minimum atomic E-state index is -1.81. The first kappa shape index (κ1) is 27.9. The molecule has 6 unspecified atom stereocenters. The summed E-state index contributed by atoms with van der Waals surface area (Å²) in [6, 6.07) is 17.6. The van der Waals surface area contributed by atoms with E-state index in [9.17, 15) is 9.59 Å². The highest BCUT2D eigenvalue weighted by Crippen LogP contribution is 2.36. The summed E-state index contributed by atoms with van der Waals surface area (Å²) in [5.74, 6) is -0.583. The Hall–Kier alpha value is -2.11. The lowest BCUT2D eigenvalue weighted by Gasteiger charge is -2.48. The second-order valence-corrected chi connectivity index (χ2v) is 11.0. The van der Waals surface area contributed by atoms with Gasteiger partial charge in [-0.05, 0) is 5.56 Å². The number of carbonyl (C=O) groups excluding carboxylic acids is 2. The molecule has 37 heavy (non-hydrogen) atoms. The molecule has 6 atom stereocenters. The normalized spacial score (nSPS) is 27.6. The average Bonchev–Trinajstić information content (AvgIpc) is 2.88. The molecule has 2 aliphatic rings. The average molecular weight is 575 g/mol. The Morgan fingerprint density at radius 2 is 1.70 bits per heavy atom. The highest BCUT2D eigenvalue weighted by atomic mass is 35.6. The van der Waals surface area contributed by atoms with Crippen LogP contribution in [0.4, 0.5) is 4.79 Å². The molecular weight excluding hydrogens is 549 g/mol. The number of nitrogens with one attached hydrogen (secondary N) is 1. The molecule has 200 valence electrons. The molecule has 1 N–H and O–H groups in total. The first-order chi connectivity index (χ1) is 17.7. The van der Waals surface area contributed by atoms with Crippen molar-refractivity contribution in [3.05, 3.63) is 71.8 Å². The van der Waals surface area contributed by atoms with Crippen LogP contribution in [0.3, 0.4) is 0 Å². The molecule has 0 saturated carbocycles. The summed E-state index contributed by atoms with van der Waals surface area (Å²) >= 11 is 17.1. The minimum Gasteiger partial charge on any atom is -0.457 e. The van der Waals surface area contributed by atoms with Crippen LogP contribution in [-0.4, -0.2) is 59.7 Å². The van der Waals surface area contributed by atoms with Gasteiger partial charge in [0.05, 0.1) is 13.2 Å². The van der Waals surface area contributed by atoms with Crippen molar-refractivity contribution < 1.29 is 38.0 Å². The molecule has 12 heteroatoms. The van der Waals surface area contributed by atoms with E-state index in [0.29, 0.717) is 0 Å². The van der Waals surface area contributed by atoms with E-state index >= 15 is 0 Å². The van der Waals surface area contributed by atoms with E-state index in [1.165, 1.54) is 6.92 Å². The topological polar surface area (TPSA) is 102 Å². The van der Waals surface area contributed by atoms with E-state index < -0.39 is 59.4 Å². The van der Waals surface area contributed by atoms with Crippen LogP contribution in [0.15, 0.2) is 60.7 Å². The number of esters is 1. The Kier molecular flexibility index (Phi) is 9.52. The first-order valence-electron chi connectivity index (χ1n) is 11.5. The lowest BCUT2D eigenvalue weighted by atomic mass is 9.95. The van der Waals surface area contributed by atoms with E-state index in [2.05, 4.69) is 5.32 Å². The number of ether oxygens (including phenoxy) is 6. The van der Waals surface area contributed by atoms with Crippen molar-refractivity contribution in [3.63, 3.8) is 0 Å². The van der Waals surface area contributed by atoms with Gasteiger partial charge in [-0.15, -0.1) is 0 Å². The van der Waals surface area contributed by atoms with Crippen LogP contribution in [0.1, 0.15) is 24.3 Å². The van der Waals surface area contributed by atoms with Gasteiger partial charge in [-0.3, -0.25) is 4.79 Å². The predicted molar refractivity (Wildman–Crippen MR) is 134 cm³/mol. The van der Waals surface area contributed by atoms with Gasteiger partial charge >= 0.3 is 12.1 Å². The number of hydrogen-bond acceptors (Lipinski definition) is 8. The number of carbonyl (C=O) groups is 2. The molecule has 9 nitrogen and oxygen atoms in total. The Bertz CT molecular complexity index is 1040. The van der Waals surface area contributed by atoms with Crippen LogP contribution in [0.5, 0.6) is 0 Å². The fraction of sp³-hybridized carbons (Fsp3) is 0.440. The Balaban J connectivity index is 1.57. The number of alkyl carbamates (subject to hydrolysis) is 1. The molecule has 2 aromatic carbocycles. The van der Waals surface area contributed by atoms with Gasteiger partial charge in [-0.2, -0.15) is 0 Å². The SMILES string of the molecule is CC(=O)OC1C(NC(=O)OCC(Cl)(Cl)Cl)C(OCc2ccccc2)OC2COC(c3ccccc3)OC21. The van der Waals surface area contributed by atoms with Crippen molar-refractivity contribution in [1.29, 1.82) is 0 Å². The number of fused-ring (bicyclic) bond motifs is 1. The fourth-order valence-electron chi connectivity index (χ4n) is 4.06. The van der Waals surface area contributed by atoms with Gasteiger partial charge in [0.25, 0.3) is 0 Å². The molecule has 2 aromatic rings. The van der Waals surface area contributed by atoms with E-state index in [-0.39, 0.29) is 13.2 Å². The third kappa shape index (κ3) is 7.94. The maximum Gasteiger partial charge on any atom is 0.407 e. The zero-order valence-corrected chi connectivity index (χ0v) is 22.0. The summed E-state index contributed by atoms with van der Waals surface area (Å²) in [6.07, 6.45) is -5.16. The number of benzene rings is 2. The predicted octanol–water partition coefficient (Wildman–Crippen LogP) is 4.44. The summed E-state index contributed by atoms with van der Waals surface area (Å²) in [4.78, 5) is 24.8. The molecule has 0 aromatic heterocycles. The molecule has 2 heterocycles. The molecule has 0 bridgehead atoms. The molecule has 4 rings (SSSR count). The second-order valence-electron chi connectivity index (χ2n) is 8.45. The molecule has 1 amide bonds. The standard InChI is InChI=1S/C25H26Cl3NO8/c1-15(30)35-21-19(29-24(31)34-14-25(26,27)28)23(32-12-16-8-4-2-5-9-16)36-18-13-33-22(37-20(18)21)17-10-6-3-7-11-17/h2-11,18-23H,12-14H2,1H3,(H,29,31). The summed E-state index contributed by atoms with van der Waals surface area (Å²) in [5, 5.41) is 2.64. The summed E-state index contributed by atoms with van der Waals surface area (Å²) < 4.78 is 33.2. The maximum atomic E-state index is 12.6. The molecular formula is C25H26Cl3NO8. The lowest BCUT2D eigenvalue weighted by molar-refractivity contribution is -0.346. The highest BCUT2D eigenvalue weighted by molar-refractivity contribution is 6.67. The largest absolute Gasteiger partial charge is 0.457 e. The van der Waals surface area contributed by atoms with Gasteiger partial charge in [0, 0.05) is 12.5 Å². The highest BCUT2D eigenvalue weighted by Gasteiger charge is 2.53. The second kappa shape index (κ2) is 12.6. The molecule has 0 spiro atoms. The Morgan fingerprint density at radius 3 is 2.35 bits per heavy atom. The molecule has 2 saturated heterocycles. The van der Waals surface area contributed by atoms with Crippen molar-refractivity contribution in [2.24, 2.45) is 0 Å².